The lowest BCUT2D eigenvalue weighted by Crippen LogP contribution is -2.09. The van der Waals surface area contributed by atoms with Crippen molar-refractivity contribution in [2.75, 3.05) is 39.6 Å². The van der Waals surface area contributed by atoms with Crippen LogP contribution >= 0.6 is 0 Å². The normalized spacial score (nSPS) is 10.8. The van der Waals surface area contributed by atoms with Gasteiger partial charge in [0, 0.05) is 13.2 Å². The second kappa shape index (κ2) is 29.5. The summed E-state index contributed by atoms with van der Waals surface area (Å²) < 4.78 is 33.2. The first-order valence-electron chi connectivity index (χ1n) is 22.0. The Morgan fingerprint density at radius 2 is 0.565 bits per heavy atom. The Morgan fingerprint density at radius 3 is 0.887 bits per heavy atom. The van der Waals surface area contributed by atoms with Gasteiger partial charge in [-0.25, -0.2) is 19.2 Å². The number of benzene rings is 4. The van der Waals surface area contributed by atoms with E-state index in [-0.39, 0.29) is 13.2 Å². The first-order valence-corrected chi connectivity index (χ1v) is 22.0. The lowest BCUT2D eigenvalue weighted by molar-refractivity contribution is 0.0488. The van der Waals surface area contributed by atoms with Crippen LogP contribution in [0.1, 0.15) is 144 Å². The fourth-order valence-electron chi connectivity index (χ4n) is 6.30. The summed E-state index contributed by atoms with van der Waals surface area (Å²) in [6.45, 7) is 2.19. The maximum Gasteiger partial charge on any atom is 0.343 e. The number of hydrogen-bond donors (Lipinski definition) is 2. The lowest BCUT2D eigenvalue weighted by Gasteiger charge is -2.09. The van der Waals surface area contributed by atoms with Crippen LogP contribution in [0.4, 0.5) is 0 Å². The summed E-state index contributed by atoms with van der Waals surface area (Å²) in [5, 5.41) is 17.6. The Balaban J connectivity index is 0.977. The van der Waals surface area contributed by atoms with Crippen LogP contribution in [0.15, 0.2) is 97.1 Å². The summed E-state index contributed by atoms with van der Waals surface area (Å²) >= 11 is 0. The van der Waals surface area contributed by atoms with Gasteiger partial charge in [0.2, 0.25) is 0 Å². The van der Waals surface area contributed by atoms with Crippen molar-refractivity contribution in [3.05, 3.63) is 119 Å². The van der Waals surface area contributed by atoms with E-state index in [9.17, 15) is 19.2 Å². The molecule has 0 amide bonds. The number of aliphatic hydroxyl groups is 2. The van der Waals surface area contributed by atoms with E-state index in [4.69, 9.17) is 38.6 Å². The van der Waals surface area contributed by atoms with Gasteiger partial charge in [-0.05, 0) is 148 Å². The average Bonchev–Trinajstić information content (AvgIpc) is 3.29. The SMILES string of the molecule is O=C(OCCCCCCO)c1ccc(OC(=O)c2ccc(OCCCCCCCCCCOc3ccc(C(=O)Oc4ccc(C(=O)OCCCCCCO)cc4)cc3)cc2)cc1. The van der Waals surface area contributed by atoms with Crippen molar-refractivity contribution in [1.29, 1.82) is 0 Å². The molecule has 4 aromatic rings. The molecule has 0 saturated heterocycles. The molecule has 0 spiro atoms. The smallest absolute Gasteiger partial charge is 0.343 e. The predicted octanol–water partition coefficient (Wildman–Crippen LogP) is 10.1. The molecule has 0 atom stereocenters. The maximum atomic E-state index is 12.6. The molecule has 0 aliphatic heterocycles. The Bertz CT molecular complexity index is 1730. The molecule has 0 radical (unpaired) electrons. The minimum atomic E-state index is -0.504. The first-order chi connectivity index (χ1) is 30.4. The topological polar surface area (TPSA) is 164 Å². The molecule has 334 valence electrons. The van der Waals surface area contributed by atoms with E-state index < -0.39 is 23.9 Å². The van der Waals surface area contributed by atoms with E-state index in [0.29, 0.717) is 71.7 Å². The molecule has 0 heterocycles. The van der Waals surface area contributed by atoms with Crippen LogP contribution in [-0.2, 0) is 9.47 Å². The van der Waals surface area contributed by atoms with Gasteiger partial charge in [-0.3, -0.25) is 0 Å². The van der Waals surface area contributed by atoms with E-state index in [1.54, 1.807) is 97.1 Å². The highest BCUT2D eigenvalue weighted by molar-refractivity contribution is 5.93. The zero-order chi connectivity index (χ0) is 44.0. The van der Waals surface area contributed by atoms with E-state index in [0.717, 1.165) is 89.9 Å². The van der Waals surface area contributed by atoms with Crippen LogP contribution < -0.4 is 18.9 Å². The quantitative estimate of drug-likeness (QED) is 0.0280. The van der Waals surface area contributed by atoms with Crippen LogP contribution in [-0.4, -0.2) is 73.7 Å². The number of carbonyl (C=O) groups is 4. The van der Waals surface area contributed by atoms with E-state index in [1.807, 2.05) is 0 Å². The number of esters is 4. The average molecular weight is 855 g/mol. The highest BCUT2D eigenvalue weighted by Gasteiger charge is 2.13. The van der Waals surface area contributed by atoms with Gasteiger partial charge in [-0.15, -0.1) is 0 Å². The molecular formula is C50H62O12. The van der Waals surface area contributed by atoms with Crippen molar-refractivity contribution in [3.63, 3.8) is 0 Å². The zero-order valence-electron chi connectivity index (χ0n) is 35.8. The number of carbonyl (C=O) groups excluding carboxylic acids is 4. The summed E-state index contributed by atoms with van der Waals surface area (Å²) in [6.07, 6.45) is 15.2. The van der Waals surface area contributed by atoms with Crippen molar-refractivity contribution < 1.29 is 57.8 Å². The van der Waals surface area contributed by atoms with Crippen LogP contribution in [0.2, 0.25) is 0 Å². The largest absolute Gasteiger partial charge is 0.494 e. The molecule has 0 bridgehead atoms. The molecule has 4 rings (SSSR count). The van der Waals surface area contributed by atoms with Crippen LogP contribution in [0.3, 0.4) is 0 Å². The molecule has 0 aliphatic rings. The number of aliphatic hydroxyl groups excluding tert-OH is 2. The van der Waals surface area contributed by atoms with Crippen molar-refractivity contribution in [2.45, 2.75) is 103 Å². The van der Waals surface area contributed by atoms with Gasteiger partial charge in [0.15, 0.2) is 0 Å². The summed E-state index contributed by atoms with van der Waals surface area (Å²) in [5.41, 5.74) is 1.55. The van der Waals surface area contributed by atoms with Gasteiger partial charge in [0.1, 0.15) is 23.0 Å². The minimum absolute atomic E-state index is 0.173. The second-order valence-corrected chi connectivity index (χ2v) is 14.9. The van der Waals surface area contributed by atoms with Gasteiger partial charge in [0.25, 0.3) is 0 Å². The predicted molar refractivity (Wildman–Crippen MR) is 235 cm³/mol. The third-order valence-corrected chi connectivity index (χ3v) is 9.93. The molecule has 62 heavy (non-hydrogen) atoms. The van der Waals surface area contributed by atoms with E-state index in [2.05, 4.69) is 0 Å². The molecule has 0 saturated carbocycles. The number of ether oxygens (including phenoxy) is 6. The number of unbranched alkanes of at least 4 members (excludes halogenated alkanes) is 13. The highest BCUT2D eigenvalue weighted by Crippen LogP contribution is 2.20. The third kappa shape index (κ3) is 19.3. The van der Waals surface area contributed by atoms with Gasteiger partial charge >= 0.3 is 23.9 Å². The van der Waals surface area contributed by atoms with Crippen molar-refractivity contribution >= 4 is 23.9 Å². The lowest BCUT2D eigenvalue weighted by atomic mass is 10.1. The summed E-state index contributed by atoms with van der Waals surface area (Å²) in [5.74, 6) is 0.176. The van der Waals surface area contributed by atoms with Crippen molar-refractivity contribution in [1.82, 2.24) is 0 Å². The Morgan fingerprint density at radius 1 is 0.306 bits per heavy atom. The summed E-state index contributed by atoms with van der Waals surface area (Å²) in [6, 6.07) is 26.2. The monoisotopic (exact) mass is 854 g/mol. The fourth-order valence-corrected chi connectivity index (χ4v) is 6.30. The van der Waals surface area contributed by atoms with Gasteiger partial charge < -0.3 is 38.6 Å². The van der Waals surface area contributed by atoms with E-state index >= 15 is 0 Å². The Kier molecular flexibility index (Phi) is 23.3. The molecular weight excluding hydrogens is 793 g/mol. The van der Waals surface area contributed by atoms with Crippen molar-refractivity contribution in [3.8, 4) is 23.0 Å². The van der Waals surface area contributed by atoms with E-state index in [1.165, 1.54) is 12.8 Å². The Labute approximate surface area is 365 Å². The minimum Gasteiger partial charge on any atom is -0.494 e. The standard InChI is InChI=1S/C50H62O12/c51-33-11-5-9-15-37-59-47(53)39-21-29-45(30-22-39)61-49(55)41-17-25-43(26-18-41)57-35-13-7-3-1-2-4-8-14-36-58-44-27-19-42(20-28-44)50(56)62-46-31-23-40(24-32-46)48(54)60-38-16-10-6-12-34-52/h17-32,51-52H,1-16,33-38H2. The second-order valence-electron chi connectivity index (χ2n) is 14.9. The third-order valence-electron chi connectivity index (χ3n) is 9.93. The number of hydrogen-bond acceptors (Lipinski definition) is 12. The van der Waals surface area contributed by atoms with Crippen molar-refractivity contribution in [2.24, 2.45) is 0 Å². The molecule has 0 fully saturated rings. The first kappa shape index (κ1) is 48.9. The summed E-state index contributed by atoms with van der Waals surface area (Å²) in [7, 11) is 0. The Hall–Kier alpha value is -5.72. The fraction of sp³-hybridized carbons (Fsp3) is 0.440. The molecule has 0 unspecified atom stereocenters. The van der Waals surface area contributed by atoms with Crippen LogP contribution in [0, 0.1) is 0 Å². The number of rotatable bonds is 31. The zero-order valence-corrected chi connectivity index (χ0v) is 35.8. The molecule has 12 heteroatoms. The van der Waals surface area contributed by atoms with Crippen LogP contribution in [0.5, 0.6) is 23.0 Å². The molecule has 12 nitrogen and oxygen atoms in total. The van der Waals surface area contributed by atoms with Gasteiger partial charge in [-0.1, -0.05) is 51.4 Å². The molecule has 4 aromatic carbocycles. The van der Waals surface area contributed by atoms with Crippen LogP contribution in [0.25, 0.3) is 0 Å². The molecule has 2 N–H and O–H groups in total. The highest BCUT2D eigenvalue weighted by atomic mass is 16.5. The van der Waals surface area contributed by atoms with Gasteiger partial charge in [0.05, 0.1) is 48.7 Å². The maximum absolute atomic E-state index is 12.6. The molecule has 0 aliphatic carbocycles. The summed E-state index contributed by atoms with van der Waals surface area (Å²) in [4.78, 5) is 49.7. The molecule has 0 aromatic heterocycles. The van der Waals surface area contributed by atoms with Gasteiger partial charge in [-0.2, -0.15) is 0 Å².